The lowest BCUT2D eigenvalue weighted by atomic mass is 9.61. The molecule has 2 heterocycles. The van der Waals surface area contributed by atoms with Crippen LogP contribution in [0.25, 0.3) is 0 Å². The summed E-state index contributed by atoms with van der Waals surface area (Å²) in [6.45, 7) is 22.4. The number of hydrogen-bond donors (Lipinski definition) is 0. The fraction of sp³-hybridized carbons (Fsp3) is 0.722. The first kappa shape index (κ1) is 36.3. The molecule has 4 nitrogen and oxygen atoms in total. The zero-order valence-corrected chi connectivity index (χ0v) is 28.0. The summed E-state index contributed by atoms with van der Waals surface area (Å²) in [5.74, 6) is 1.97. The normalized spacial score (nSPS) is 21.2. The zero-order valence-electron chi connectivity index (χ0n) is 28.0. The molecule has 42 heavy (non-hydrogen) atoms. The second-order valence-corrected chi connectivity index (χ2v) is 12.4. The third-order valence-electron chi connectivity index (χ3n) is 9.20. The topological polar surface area (TPSA) is 30.9 Å². The van der Waals surface area contributed by atoms with Gasteiger partial charge in [0, 0.05) is 26.2 Å². The lowest BCUT2D eigenvalue weighted by Gasteiger charge is -2.53. The molecule has 0 radical (unpaired) electrons. The van der Waals surface area contributed by atoms with Gasteiger partial charge in [-0.2, -0.15) is 8.78 Å². The maximum atomic E-state index is 12.3. The number of nitrogens with zero attached hydrogens (tertiary/aromatic N) is 1. The van der Waals surface area contributed by atoms with Crippen molar-refractivity contribution in [1.29, 1.82) is 0 Å². The van der Waals surface area contributed by atoms with E-state index in [-0.39, 0.29) is 5.75 Å². The number of rotatable bonds is 9. The van der Waals surface area contributed by atoms with Gasteiger partial charge in [-0.1, -0.05) is 57.9 Å². The van der Waals surface area contributed by atoms with Crippen molar-refractivity contribution in [2.45, 2.75) is 132 Å². The highest BCUT2D eigenvalue weighted by Gasteiger charge is 2.47. The predicted molar refractivity (Wildman–Crippen MR) is 171 cm³/mol. The molecular weight excluding hydrogens is 532 g/mol. The number of hydrogen-bond acceptors (Lipinski definition) is 4. The molecule has 0 N–H and O–H groups in total. The van der Waals surface area contributed by atoms with E-state index in [9.17, 15) is 8.78 Å². The van der Waals surface area contributed by atoms with Gasteiger partial charge in [0.25, 0.3) is 0 Å². The molecule has 1 unspecified atom stereocenters. The Morgan fingerprint density at radius 1 is 1.07 bits per heavy atom. The standard InChI is InChI=1S/C25H43NO2.C9H10F2O.C2H6/c1-6-19(3)21(5)16-24(20(4)7-2)28-23-17-25(18-23)10-12-26(13-11-25)22-8-14-27-15-9-22;1-7-3-5-8(6-4-7)12-9(2,10)11;1-2/h16,19,22-23H,6-15,17-18H2,1-5H3;3-6H,1-2H3;1-2H3/b21-16-,24-20?;;. The summed E-state index contributed by atoms with van der Waals surface area (Å²) in [6, 6.07) is 7.26. The molecule has 0 bridgehead atoms. The van der Waals surface area contributed by atoms with Crippen LogP contribution >= 0.6 is 0 Å². The Kier molecular flexibility index (Phi) is 15.0. The molecule has 0 amide bonds. The predicted octanol–water partition coefficient (Wildman–Crippen LogP) is 10.1. The van der Waals surface area contributed by atoms with Gasteiger partial charge in [-0.3, -0.25) is 0 Å². The molecule has 0 aromatic heterocycles. The van der Waals surface area contributed by atoms with Crippen LogP contribution in [0.4, 0.5) is 8.78 Å². The number of likely N-dealkylation sites (tertiary alicyclic amines) is 1. The highest BCUT2D eigenvalue weighted by Crippen LogP contribution is 2.51. The molecule has 2 saturated heterocycles. The fourth-order valence-electron chi connectivity index (χ4n) is 5.91. The number of alkyl halides is 2. The molecule has 3 aliphatic rings. The van der Waals surface area contributed by atoms with Crippen LogP contribution in [0.5, 0.6) is 5.75 Å². The van der Waals surface area contributed by atoms with Gasteiger partial charge in [-0.05, 0) is 120 Å². The number of ether oxygens (including phenoxy) is 3. The summed E-state index contributed by atoms with van der Waals surface area (Å²) >= 11 is 0. The highest BCUT2D eigenvalue weighted by atomic mass is 19.3. The van der Waals surface area contributed by atoms with Crippen molar-refractivity contribution < 1.29 is 23.0 Å². The van der Waals surface area contributed by atoms with Crippen LogP contribution < -0.4 is 4.74 Å². The van der Waals surface area contributed by atoms with E-state index in [2.05, 4.69) is 50.3 Å². The van der Waals surface area contributed by atoms with E-state index in [1.54, 1.807) is 12.1 Å². The number of halogens is 2. The van der Waals surface area contributed by atoms with Gasteiger partial charge >= 0.3 is 6.11 Å². The summed E-state index contributed by atoms with van der Waals surface area (Å²) < 4.78 is 41.0. The van der Waals surface area contributed by atoms with Gasteiger partial charge in [-0.25, -0.2) is 0 Å². The average Bonchev–Trinajstić information content (AvgIpc) is 2.97. The summed E-state index contributed by atoms with van der Waals surface area (Å²) in [4.78, 5) is 2.74. The molecule has 2 aliphatic heterocycles. The van der Waals surface area contributed by atoms with E-state index < -0.39 is 6.11 Å². The van der Waals surface area contributed by atoms with Gasteiger partial charge in [0.1, 0.15) is 11.5 Å². The first-order chi connectivity index (χ1) is 19.9. The van der Waals surface area contributed by atoms with E-state index in [0.29, 0.717) is 24.4 Å². The van der Waals surface area contributed by atoms with E-state index in [1.807, 2.05) is 20.8 Å². The molecular formula is C36H59F2NO3. The summed E-state index contributed by atoms with van der Waals surface area (Å²) in [5.41, 5.74) is 4.41. The van der Waals surface area contributed by atoms with Crippen molar-refractivity contribution in [2.75, 3.05) is 26.3 Å². The average molecular weight is 592 g/mol. The molecule has 4 rings (SSSR count). The number of allylic oxidation sites excluding steroid dienone is 3. The zero-order chi connectivity index (χ0) is 31.3. The van der Waals surface area contributed by atoms with Gasteiger partial charge in [0.05, 0.1) is 6.10 Å². The SMILES string of the molecule is CC.CCC(C)=C(/C=C(/C)C(C)CC)OC1CC2(CCN(C3CCOCC3)CC2)C1.Cc1ccc(OC(C)(F)F)cc1. The quantitative estimate of drug-likeness (QED) is 0.211. The largest absolute Gasteiger partial charge is 0.490 e. The van der Waals surface area contributed by atoms with Gasteiger partial charge in [0.15, 0.2) is 0 Å². The fourth-order valence-corrected chi connectivity index (χ4v) is 5.91. The number of aryl methyl sites for hydroxylation is 1. The number of benzene rings is 1. The molecule has 1 aromatic carbocycles. The second-order valence-electron chi connectivity index (χ2n) is 12.4. The van der Waals surface area contributed by atoms with Gasteiger partial charge in [0.2, 0.25) is 0 Å². The Labute approximate surface area is 255 Å². The van der Waals surface area contributed by atoms with Crippen molar-refractivity contribution >= 4 is 0 Å². The third kappa shape index (κ3) is 11.6. The summed E-state index contributed by atoms with van der Waals surface area (Å²) in [5, 5.41) is 0. The van der Waals surface area contributed by atoms with Crippen molar-refractivity contribution in [3.05, 3.63) is 52.8 Å². The van der Waals surface area contributed by atoms with Crippen LogP contribution in [-0.2, 0) is 9.47 Å². The molecule has 1 aliphatic carbocycles. The van der Waals surface area contributed by atoms with E-state index >= 15 is 0 Å². The molecule has 240 valence electrons. The Morgan fingerprint density at radius 3 is 2.14 bits per heavy atom. The summed E-state index contributed by atoms with van der Waals surface area (Å²) in [7, 11) is 0. The lowest BCUT2D eigenvalue weighted by molar-refractivity contribution is -0.158. The maximum Gasteiger partial charge on any atom is 0.394 e. The molecule has 6 heteroatoms. The minimum atomic E-state index is -3.10. The van der Waals surface area contributed by atoms with Crippen molar-refractivity contribution in [3.63, 3.8) is 0 Å². The Bertz CT molecular complexity index is 960. The van der Waals surface area contributed by atoms with E-state index in [1.165, 1.54) is 81.3 Å². The van der Waals surface area contributed by atoms with Gasteiger partial charge < -0.3 is 19.1 Å². The molecule has 1 atom stereocenters. The van der Waals surface area contributed by atoms with Gasteiger partial charge in [-0.15, -0.1) is 0 Å². The first-order valence-electron chi connectivity index (χ1n) is 16.4. The lowest BCUT2D eigenvalue weighted by Crippen LogP contribution is -2.52. The van der Waals surface area contributed by atoms with Crippen LogP contribution in [0.3, 0.4) is 0 Å². The van der Waals surface area contributed by atoms with Crippen LogP contribution in [0, 0.1) is 18.3 Å². The third-order valence-corrected chi connectivity index (χ3v) is 9.20. The molecule has 3 fully saturated rings. The van der Waals surface area contributed by atoms with E-state index in [0.717, 1.165) is 37.0 Å². The highest BCUT2D eigenvalue weighted by molar-refractivity contribution is 5.26. The van der Waals surface area contributed by atoms with Crippen LogP contribution in [0.15, 0.2) is 47.2 Å². The van der Waals surface area contributed by atoms with Crippen LogP contribution in [-0.4, -0.2) is 49.5 Å². The summed E-state index contributed by atoms with van der Waals surface area (Å²) in [6.07, 6.45) is 9.59. The van der Waals surface area contributed by atoms with Crippen molar-refractivity contribution in [1.82, 2.24) is 4.90 Å². The molecule has 1 aromatic rings. The molecule has 1 spiro atoms. The number of piperidine rings is 1. The molecule has 1 saturated carbocycles. The minimum absolute atomic E-state index is 0.188. The van der Waals surface area contributed by atoms with Crippen molar-refractivity contribution in [3.8, 4) is 5.75 Å². The smallest absolute Gasteiger partial charge is 0.394 e. The van der Waals surface area contributed by atoms with Crippen LogP contribution in [0.1, 0.15) is 112 Å². The first-order valence-corrected chi connectivity index (χ1v) is 16.4. The Balaban J connectivity index is 0.000000368. The maximum absolute atomic E-state index is 12.3. The minimum Gasteiger partial charge on any atom is -0.490 e. The monoisotopic (exact) mass is 591 g/mol. The van der Waals surface area contributed by atoms with E-state index in [4.69, 9.17) is 9.47 Å². The second kappa shape index (κ2) is 17.4. The Morgan fingerprint density at radius 2 is 1.64 bits per heavy atom. The van der Waals surface area contributed by atoms with Crippen molar-refractivity contribution in [2.24, 2.45) is 11.3 Å². The van der Waals surface area contributed by atoms with Crippen LogP contribution in [0.2, 0.25) is 0 Å². The Hall–Kier alpha value is -1.92.